The molecule has 0 saturated carbocycles. The number of ether oxygens (including phenoxy) is 1. The van der Waals surface area contributed by atoms with Crippen LogP contribution >= 0.6 is 12.4 Å². The summed E-state index contributed by atoms with van der Waals surface area (Å²) in [7, 11) is 0. The van der Waals surface area contributed by atoms with Crippen LogP contribution in [-0.4, -0.2) is 25.0 Å². The first-order chi connectivity index (χ1) is 8.38. The summed E-state index contributed by atoms with van der Waals surface area (Å²) in [6, 6.07) is 8.56. The van der Waals surface area contributed by atoms with E-state index in [-0.39, 0.29) is 18.5 Å². The second-order valence-electron chi connectivity index (χ2n) is 4.64. The molecule has 2 aliphatic rings. The van der Waals surface area contributed by atoms with Gasteiger partial charge in [0.05, 0.1) is 12.6 Å². The third-order valence-corrected chi connectivity index (χ3v) is 3.52. The second-order valence-corrected chi connectivity index (χ2v) is 4.64. The fourth-order valence-corrected chi connectivity index (χ4v) is 2.58. The zero-order valence-corrected chi connectivity index (χ0v) is 11.4. The van der Waals surface area contributed by atoms with E-state index >= 15 is 0 Å². The Morgan fingerprint density at radius 3 is 2.94 bits per heavy atom. The van der Waals surface area contributed by atoms with E-state index in [0.29, 0.717) is 6.10 Å². The van der Waals surface area contributed by atoms with Crippen molar-refractivity contribution in [3.63, 3.8) is 0 Å². The van der Waals surface area contributed by atoms with Crippen LogP contribution in [0.3, 0.4) is 0 Å². The van der Waals surface area contributed by atoms with Crippen molar-refractivity contribution in [1.82, 2.24) is 5.32 Å². The molecule has 98 valence electrons. The third kappa shape index (κ3) is 2.38. The molecule has 3 nitrogen and oxygen atoms in total. The number of fused-ring (bicyclic) bond motifs is 1. The Morgan fingerprint density at radius 1 is 1.39 bits per heavy atom. The summed E-state index contributed by atoms with van der Waals surface area (Å²) in [5, 5.41) is 3.34. The lowest BCUT2D eigenvalue weighted by atomic mass is 9.93. The Labute approximate surface area is 114 Å². The molecule has 0 saturated heterocycles. The second kappa shape index (κ2) is 5.72. The maximum absolute atomic E-state index is 6.15. The Hall–Kier alpha value is -1.06. The fourth-order valence-electron chi connectivity index (χ4n) is 2.58. The molecule has 0 aliphatic carbocycles. The Balaban J connectivity index is 0.00000120. The topological polar surface area (TPSA) is 33.6 Å². The summed E-state index contributed by atoms with van der Waals surface area (Å²) in [5.74, 6) is 1.01. The molecule has 0 aromatic heterocycles. The predicted octanol–water partition coefficient (Wildman–Crippen LogP) is 2.50. The molecule has 2 aliphatic heterocycles. The number of aliphatic imine (C=N–C) groups is 1. The first kappa shape index (κ1) is 13.4. The van der Waals surface area contributed by atoms with Gasteiger partial charge in [0.1, 0.15) is 11.9 Å². The minimum atomic E-state index is 0. The van der Waals surface area contributed by atoms with Gasteiger partial charge in [0.15, 0.2) is 0 Å². The molecule has 2 unspecified atom stereocenters. The van der Waals surface area contributed by atoms with Gasteiger partial charge in [-0.1, -0.05) is 31.2 Å². The van der Waals surface area contributed by atoms with E-state index in [2.05, 4.69) is 41.5 Å². The van der Waals surface area contributed by atoms with Crippen molar-refractivity contribution in [3.8, 4) is 0 Å². The molecule has 1 aromatic rings. The highest BCUT2D eigenvalue weighted by molar-refractivity contribution is 5.89. The molecule has 0 spiro atoms. The summed E-state index contributed by atoms with van der Waals surface area (Å²) in [6.45, 7) is 3.99. The quantitative estimate of drug-likeness (QED) is 0.892. The van der Waals surface area contributed by atoms with Gasteiger partial charge in [0.2, 0.25) is 0 Å². The molecule has 1 aromatic carbocycles. The van der Waals surface area contributed by atoms with Crippen molar-refractivity contribution < 1.29 is 4.74 Å². The van der Waals surface area contributed by atoms with Crippen LogP contribution in [0.4, 0.5) is 0 Å². The molecule has 0 bridgehead atoms. The Kier molecular flexibility index (Phi) is 4.25. The SMILES string of the molecule is CCC1Cc2ccccc2C(C2=NCCN2)O1.Cl. The first-order valence-corrected chi connectivity index (χ1v) is 6.40. The number of benzene rings is 1. The standard InChI is InChI=1S/C14H18N2O.ClH/c1-2-11-9-10-5-3-4-6-12(10)13(17-11)14-15-7-8-16-14;/h3-6,11,13H,2,7-9H2,1H3,(H,15,16);1H. The smallest absolute Gasteiger partial charge is 0.140 e. The third-order valence-electron chi connectivity index (χ3n) is 3.52. The summed E-state index contributed by atoms with van der Waals surface area (Å²) in [5.41, 5.74) is 2.69. The highest BCUT2D eigenvalue weighted by Gasteiger charge is 2.30. The van der Waals surface area contributed by atoms with Gasteiger partial charge >= 0.3 is 0 Å². The van der Waals surface area contributed by atoms with Gasteiger partial charge in [0.25, 0.3) is 0 Å². The largest absolute Gasteiger partial charge is 0.369 e. The maximum atomic E-state index is 6.15. The van der Waals surface area contributed by atoms with Crippen LogP contribution in [0.25, 0.3) is 0 Å². The summed E-state index contributed by atoms with van der Waals surface area (Å²) in [4.78, 5) is 4.51. The summed E-state index contributed by atoms with van der Waals surface area (Å²) >= 11 is 0. The molecular weight excluding hydrogens is 248 g/mol. The van der Waals surface area contributed by atoms with E-state index in [4.69, 9.17) is 4.74 Å². The fraction of sp³-hybridized carbons (Fsp3) is 0.500. The normalized spacial score (nSPS) is 25.7. The number of amidine groups is 1. The van der Waals surface area contributed by atoms with Gasteiger partial charge < -0.3 is 10.1 Å². The molecule has 0 fully saturated rings. The average Bonchev–Trinajstić information content (AvgIpc) is 2.91. The molecule has 2 heterocycles. The van der Waals surface area contributed by atoms with E-state index in [1.165, 1.54) is 11.1 Å². The number of rotatable bonds is 2. The van der Waals surface area contributed by atoms with Gasteiger partial charge in [-0.25, -0.2) is 0 Å². The number of nitrogens with one attached hydrogen (secondary N) is 1. The number of hydrogen-bond donors (Lipinski definition) is 1. The monoisotopic (exact) mass is 266 g/mol. The van der Waals surface area contributed by atoms with Crippen molar-refractivity contribution in [3.05, 3.63) is 35.4 Å². The highest BCUT2D eigenvalue weighted by Crippen LogP contribution is 2.32. The lowest BCUT2D eigenvalue weighted by Gasteiger charge is -2.31. The van der Waals surface area contributed by atoms with Crippen molar-refractivity contribution >= 4 is 18.2 Å². The Bertz CT molecular complexity index is 447. The van der Waals surface area contributed by atoms with Crippen molar-refractivity contribution in [2.75, 3.05) is 13.1 Å². The minimum absolute atomic E-state index is 0. The van der Waals surface area contributed by atoms with Crippen molar-refractivity contribution in [2.45, 2.75) is 32.0 Å². The summed E-state index contributed by atoms with van der Waals surface area (Å²) < 4.78 is 6.15. The highest BCUT2D eigenvalue weighted by atomic mass is 35.5. The molecular formula is C14H19ClN2O. The molecule has 0 radical (unpaired) electrons. The van der Waals surface area contributed by atoms with Crippen LogP contribution < -0.4 is 5.32 Å². The number of halogens is 1. The summed E-state index contributed by atoms with van der Waals surface area (Å²) in [6.07, 6.45) is 2.42. The Morgan fingerprint density at radius 2 is 2.22 bits per heavy atom. The molecule has 2 atom stereocenters. The average molecular weight is 267 g/mol. The zero-order valence-electron chi connectivity index (χ0n) is 10.6. The molecule has 18 heavy (non-hydrogen) atoms. The van der Waals surface area contributed by atoms with Crippen LogP contribution in [0.15, 0.2) is 29.3 Å². The lowest BCUT2D eigenvalue weighted by Crippen LogP contribution is -2.35. The van der Waals surface area contributed by atoms with E-state index in [0.717, 1.165) is 31.8 Å². The van der Waals surface area contributed by atoms with Crippen LogP contribution in [0, 0.1) is 0 Å². The van der Waals surface area contributed by atoms with Gasteiger partial charge in [-0.05, 0) is 24.0 Å². The van der Waals surface area contributed by atoms with E-state index in [9.17, 15) is 0 Å². The van der Waals surface area contributed by atoms with Crippen molar-refractivity contribution in [1.29, 1.82) is 0 Å². The molecule has 3 rings (SSSR count). The van der Waals surface area contributed by atoms with Crippen LogP contribution in [0.5, 0.6) is 0 Å². The number of nitrogens with zero attached hydrogens (tertiary/aromatic N) is 1. The van der Waals surface area contributed by atoms with Gasteiger partial charge in [-0.3, -0.25) is 4.99 Å². The van der Waals surface area contributed by atoms with Crippen molar-refractivity contribution in [2.24, 2.45) is 4.99 Å². The van der Waals surface area contributed by atoms with E-state index in [1.54, 1.807) is 0 Å². The van der Waals surface area contributed by atoms with Crippen LogP contribution in [-0.2, 0) is 11.2 Å². The van der Waals surface area contributed by atoms with E-state index in [1.807, 2.05) is 0 Å². The predicted molar refractivity (Wildman–Crippen MR) is 75.6 cm³/mol. The zero-order chi connectivity index (χ0) is 11.7. The van der Waals surface area contributed by atoms with E-state index < -0.39 is 0 Å². The van der Waals surface area contributed by atoms with Gasteiger partial charge in [-0.2, -0.15) is 0 Å². The van der Waals surface area contributed by atoms with Gasteiger partial charge in [-0.15, -0.1) is 12.4 Å². The maximum Gasteiger partial charge on any atom is 0.140 e. The molecule has 1 N–H and O–H groups in total. The molecule has 4 heteroatoms. The lowest BCUT2D eigenvalue weighted by molar-refractivity contribution is 0.00726. The first-order valence-electron chi connectivity index (χ1n) is 6.40. The van der Waals surface area contributed by atoms with Crippen LogP contribution in [0.1, 0.15) is 30.6 Å². The van der Waals surface area contributed by atoms with Crippen LogP contribution in [0.2, 0.25) is 0 Å². The molecule has 0 amide bonds. The number of hydrogen-bond acceptors (Lipinski definition) is 3. The minimum Gasteiger partial charge on any atom is -0.369 e. The van der Waals surface area contributed by atoms with Gasteiger partial charge in [0, 0.05) is 6.54 Å².